The minimum atomic E-state index is -5.06. The fourth-order valence-electron chi connectivity index (χ4n) is 7.16. The first kappa shape index (κ1) is 33.6. The van der Waals surface area contributed by atoms with Gasteiger partial charge in [0.2, 0.25) is 0 Å². The quantitative estimate of drug-likeness (QED) is 0.133. The van der Waals surface area contributed by atoms with Crippen molar-refractivity contribution in [2.45, 2.75) is 26.2 Å². The predicted molar refractivity (Wildman–Crippen MR) is 182 cm³/mol. The first-order chi connectivity index (χ1) is 24.7. The summed E-state index contributed by atoms with van der Waals surface area (Å²) in [6.07, 6.45) is -10.1. The second-order valence-corrected chi connectivity index (χ2v) is 12.6. The molecule has 250 valence electrons. The molecule has 0 aliphatic heterocycles. The SMILES string of the molecule is Cc1cc(C)cc(-c2ccc3c(c2)C(=C(C#N)C#N)c2cc4c(cc2-3)-c2ccc(-c3cc(C(F)(F)F)cc(C(F)(F)F)c3)cc2C4=C(C#N)C#N)c1. The lowest BCUT2D eigenvalue weighted by molar-refractivity contribution is -0.143. The van der Waals surface area contributed by atoms with E-state index in [0.717, 1.165) is 27.8 Å². The van der Waals surface area contributed by atoms with E-state index in [0.29, 0.717) is 51.1 Å². The van der Waals surface area contributed by atoms with Crippen LogP contribution in [0, 0.1) is 59.2 Å². The van der Waals surface area contributed by atoms with Gasteiger partial charge >= 0.3 is 12.4 Å². The van der Waals surface area contributed by atoms with Crippen molar-refractivity contribution in [2.24, 2.45) is 0 Å². The fraction of sp³-hybridized carbons (Fsp3) is 0.0952. The van der Waals surface area contributed by atoms with Gasteiger partial charge in [-0.05, 0) is 123 Å². The highest BCUT2D eigenvalue weighted by Crippen LogP contribution is 2.54. The van der Waals surface area contributed by atoms with Crippen molar-refractivity contribution in [3.8, 4) is 68.8 Å². The Balaban J connectivity index is 1.47. The molecular formula is C42H20F6N4. The monoisotopic (exact) mass is 694 g/mol. The highest BCUT2D eigenvalue weighted by atomic mass is 19.4. The van der Waals surface area contributed by atoms with E-state index in [9.17, 15) is 47.4 Å². The van der Waals surface area contributed by atoms with E-state index in [-0.39, 0.29) is 39.5 Å². The van der Waals surface area contributed by atoms with Crippen molar-refractivity contribution in [1.29, 1.82) is 21.0 Å². The zero-order chi connectivity index (χ0) is 37.3. The van der Waals surface area contributed by atoms with Gasteiger partial charge in [-0.2, -0.15) is 47.4 Å². The number of nitrogens with zero attached hydrogens (tertiary/aromatic N) is 4. The Kier molecular flexibility index (Phi) is 7.67. The molecule has 0 heterocycles. The van der Waals surface area contributed by atoms with E-state index in [4.69, 9.17) is 0 Å². The predicted octanol–water partition coefficient (Wildman–Crippen LogP) is 11.3. The van der Waals surface area contributed by atoms with E-state index < -0.39 is 23.5 Å². The van der Waals surface area contributed by atoms with E-state index in [1.165, 1.54) is 18.2 Å². The summed E-state index contributed by atoms with van der Waals surface area (Å²) < 4.78 is 82.3. The first-order valence-electron chi connectivity index (χ1n) is 15.6. The van der Waals surface area contributed by atoms with Crippen molar-refractivity contribution < 1.29 is 26.3 Å². The van der Waals surface area contributed by atoms with Crippen LogP contribution in [0.4, 0.5) is 26.3 Å². The van der Waals surface area contributed by atoms with Crippen LogP contribution in [0.3, 0.4) is 0 Å². The maximum atomic E-state index is 13.7. The van der Waals surface area contributed by atoms with E-state index >= 15 is 0 Å². The van der Waals surface area contributed by atoms with Crippen LogP contribution in [0.15, 0.2) is 96.1 Å². The third-order valence-corrected chi connectivity index (χ3v) is 9.28. The van der Waals surface area contributed by atoms with E-state index in [2.05, 4.69) is 0 Å². The van der Waals surface area contributed by atoms with Gasteiger partial charge in [-0.1, -0.05) is 53.6 Å². The molecule has 0 bridgehead atoms. The summed E-state index contributed by atoms with van der Waals surface area (Å²) in [7, 11) is 0. The van der Waals surface area contributed by atoms with Crippen LogP contribution in [0.5, 0.6) is 0 Å². The lowest BCUT2D eigenvalue weighted by atomic mass is 9.92. The third-order valence-electron chi connectivity index (χ3n) is 9.28. The molecule has 0 N–H and O–H groups in total. The number of hydrogen-bond acceptors (Lipinski definition) is 4. The largest absolute Gasteiger partial charge is 0.416 e. The molecule has 0 atom stereocenters. The molecular weight excluding hydrogens is 674 g/mol. The van der Waals surface area contributed by atoms with Gasteiger partial charge in [-0.15, -0.1) is 0 Å². The van der Waals surface area contributed by atoms with Gasteiger partial charge in [0.1, 0.15) is 35.4 Å². The van der Waals surface area contributed by atoms with Gasteiger partial charge in [-0.25, -0.2) is 0 Å². The van der Waals surface area contributed by atoms with Crippen LogP contribution in [0.25, 0.3) is 55.7 Å². The van der Waals surface area contributed by atoms with Crippen molar-refractivity contribution >= 4 is 11.1 Å². The normalized spacial score (nSPS) is 12.5. The summed E-state index contributed by atoms with van der Waals surface area (Å²) in [5.74, 6) is 0. The fourth-order valence-corrected chi connectivity index (χ4v) is 7.16. The van der Waals surface area contributed by atoms with Gasteiger partial charge in [0.25, 0.3) is 0 Å². The first-order valence-corrected chi connectivity index (χ1v) is 15.6. The number of rotatable bonds is 2. The zero-order valence-corrected chi connectivity index (χ0v) is 27.1. The summed E-state index contributed by atoms with van der Waals surface area (Å²) in [5.41, 5.74) is 4.82. The number of fused-ring (bicyclic) bond motifs is 6. The Morgan fingerprint density at radius 1 is 0.404 bits per heavy atom. The van der Waals surface area contributed by atoms with Crippen molar-refractivity contribution in [3.63, 3.8) is 0 Å². The minimum Gasteiger partial charge on any atom is -0.192 e. The third kappa shape index (κ3) is 5.39. The van der Waals surface area contributed by atoms with Crippen LogP contribution < -0.4 is 0 Å². The summed E-state index contributed by atoms with van der Waals surface area (Å²) in [6, 6.07) is 28.7. The molecule has 0 saturated heterocycles. The molecule has 5 aromatic carbocycles. The van der Waals surface area contributed by atoms with Crippen LogP contribution in [-0.2, 0) is 12.4 Å². The van der Waals surface area contributed by atoms with Crippen molar-refractivity contribution in [2.75, 3.05) is 0 Å². The molecule has 2 aliphatic rings. The summed E-state index contributed by atoms with van der Waals surface area (Å²) >= 11 is 0. The second kappa shape index (κ2) is 11.9. The Hall–Kier alpha value is -6.88. The lowest BCUT2D eigenvalue weighted by Gasteiger charge is -2.15. The molecule has 0 radical (unpaired) electrons. The Morgan fingerprint density at radius 2 is 0.769 bits per heavy atom. The molecule has 5 aromatic rings. The van der Waals surface area contributed by atoms with Gasteiger partial charge in [0.15, 0.2) is 0 Å². The smallest absolute Gasteiger partial charge is 0.192 e. The van der Waals surface area contributed by atoms with Crippen LogP contribution in [0.1, 0.15) is 44.5 Å². The molecule has 4 nitrogen and oxygen atoms in total. The molecule has 0 spiro atoms. The number of halogens is 6. The zero-order valence-electron chi connectivity index (χ0n) is 27.1. The summed E-state index contributed by atoms with van der Waals surface area (Å²) in [6.45, 7) is 3.97. The molecule has 0 amide bonds. The molecule has 52 heavy (non-hydrogen) atoms. The van der Waals surface area contributed by atoms with Crippen LogP contribution >= 0.6 is 0 Å². The van der Waals surface area contributed by atoms with E-state index in [1.54, 1.807) is 6.07 Å². The molecule has 0 saturated carbocycles. The van der Waals surface area contributed by atoms with Crippen LogP contribution in [0.2, 0.25) is 0 Å². The molecule has 7 rings (SSSR count). The number of benzene rings is 5. The molecule has 2 aliphatic carbocycles. The Bertz CT molecular complexity index is 2580. The highest BCUT2D eigenvalue weighted by Gasteiger charge is 2.38. The van der Waals surface area contributed by atoms with Crippen molar-refractivity contribution in [3.05, 3.63) is 141 Å². The second-order valence-electron chi connectivity index (χ2n) is 12.6. The number of hydrogen-bond donors (Lipinski definition) is 0. The van der Waals surface area contributed by atoms with Gasteiger partial charge in [0, 0.05) is 11.1 Å². The maximum Gasteiger partial charge on any atom is 0.416 e. The molecule has 0 unspecified atom stereocenters. The van der Waals surface area contributed by atoms with E-state index in [1.807, 2.05) is 80.6 Å². The standard InChI is InChI=1S/C42H20F6N4/c1-21-7-22(2)9-25(8-21)23-3-5-31-33-15-34-32-6-4-24(26-10-29(41(43,44)45)14-30(11-26)42(46,47)48)13-36(32)40(28(19-51)20-52)38(34)16-37(33)39(35(31)12-23)27(17-49)18-50/h3-16H,1-2H3. The van der Waals surface area contributed by atoms with Gasteiger partial charge in [-0.3, -0.25) is 0 Å². The highest BCUT2D eigenvalue weighted by molar-refractivity contribution is 6.11. The topological polar surface area (TPSA) is 95.2 Å². The van der Waals surface area contributed by atoms with Gasteiger partial charge in [0.05, 0.1) is 11.1 Å². The van der Waals surface area contributed by atoms with Crippen LogP contribution in [-0.4, -0.2) is 0 Å². The minimum absolute atomic E-state index is 0.00418. The molecule has 0 aromatic heterocycles. The average molecular weight is 695 g/mol. The summed E-state index contributed by atoms with van der Waals surface area (Å²) in [4.78, 5) is 0. The average Bonchev–Trinajstić information content (AvgIpc) is 3.58. The lowest BCUT2D eigenvalue weighted by Crippen LogP contribution is -2.11. The summed E-state index contributed by atoms with van der Waals surface area (Å²) in [5, 5.41) is 40.2. The Labute approximate surface area is 293 Å². The van der Waals surface area contributed by atoms with Gasteiger partial charge < -0.3 is 0 Å². The molecule has 10 heteroatoms. The number of nitriles is 4. The number of allylic oxidation sites excluding steroid dienone is 2. The Morgan fingerprint density at radius 3 is 1.15 bits per heavy atom. The van der Waals surface area contributed by atoms with Crippen molar-refractivity contribution in [1.82, 2.24) is 0 Å². The number of aryl methyl sites for hydroxylation is 2. The maximum absolute atomic E-state index is 13.7. The number of alkyl halides is 6. The molecule has 0 fully saturated rings.